The van der Waals surface area contributed by atoms with E-state index in [9.17, 15) is 4.79 Å². The SMILES string of the molecule is CC(C)(N)C(=O)NCC(C)(C)c1ccccc1. The average molecular weight is 234 g/mol. The molecule has 0 radical (unpaired) electrons. The molecular formula is C14H22N2O. The number of carbonyl (C=O) groups excluding carboxylic acids is 1. The first-order valence-corrected chi connectivity index (χ1v) is 5.86. The summed E-state index contributed by atoms with van der Waals surface area (Å²) in [5, 5.41) is 2.90. The molecule has 0 aliphatic carbocycles. The first-order valence-electron chi connectivity index (χ1n) is 5.86. The van der Waals surface area contributed by atoms with Gasteiger partial charge in [0.1, 0.15) is 0 Å². The van der Waals surface area contributed by atoms with Crippen LogP contribution in [0.25, 0.3) is 0 Å². The molecule has 0 aliphatic rings. The van der Waals surface area contributed by atoms with Crippen molar-refractivity contribution in [3.8, 4) is 0 Å². The zero-order valence-corrected chi connectivity index (χ0v) is 11.1. The van der Waals surface area contributed by atoms with Crippen molar-refractivity contribution in [2.45, 2.75) is 38.6 Å². The second kappa shape index (κ2) is 4.88. The molecule has 1 rings (SSSR count). The standard InChI is InChI=1S/C14H22N2O/c1-13(2,11-8-6-5-7-9-11)10-16-12(17)14(3,4)15/h5-9H,10,15H2,1-4H3,(H,16,17). The lowest BCUT2D eigenvalue weighted by molar-refractivity contribution is -0.125. The monoisotopic (exact) mass is 234 g/mol. The van der Waals surface area contributed by atoms with E-state index in [2.05, 4.69) is 31.3 Å². The molecule has 17 heavy (non-hydrogen) atoms. The van der Waals surface area contributed by atoms with Gasteiger partial charge < -0.3 is 11.1 Å². The highest BCUT2D eigenvalue weighted by atomic mass is 16.2. The smallest absolute Gasteiger partial charge is 0.239 e. The lowest BCUT2D eigenvalue weighted by Crippen LogP contribution is -2.51. The summed E-state index contributed by atoms with van der Waals surface area (Å²) in [4.78, 5) is 11.7. The number of benzene rings is 1. The first kappa shape index (κ1) is 13.7. The Morgan fingerprint density at radius 1 is 1.18 bits per heavy atom. The van der Waals surface area contributed by atoms with Crippen molar-refractivity contribution in [1.29, 1.82) is 0 Å². The summed E-state index contributed by atoms with van der Waals surface area (Å²) in [7, 11) is 0. The molecule has 0 unspecified atom stereocenters. The van der Waals surface area contributed by atoms with Crippen LogP contribution in [0.3, 0.4) is 0 Å². The Kier molecular flexibility index (Phi) is 3.94. The Hall–Kier alpha value is -1.35. The number of hydrogen-bond acceptors (Lipinski definition) is 2. The van der Waals surface area contributed by atoms with Crippen LogP contribution in [-0.2, 0) is 10.2 Å². The predicted molar refractivity (Wildman–Crippen MR) is 70.7 cm³/mol. The van der Waals surface area contributed by atoms with Crippen molar-refractivity contribution in [3.05, 3.63) is 35.9 Å². The summed E-state index contributed by atoms with van der Waals surface area (Å²) in [6.07, 6.45) is 0. The molecule has 0 aromatic heterocycles. The quantitative estimate of drug-likeness (QED) is 0.835. The third kappa shape index (κ3) is 3.86. The Balaban J connectivity index is 2.66. The van der Waals surface area contributed by atoms with Gasteiger partial charge in [-0.1, -0.05) is 44.2 Å². The number of amides is 1. The molecule has 0 fully saturated rings. The van der Waals surface area contributed by atoms with Crippen molar-refractivity contribution in [3.63, 3.8) is 0 Å². The van der Waals surface area contributed by atoms with Crippen molar-refractivity contribution < 1.29 is 4.79 Å². The highest BCUT2D eigenvalue weighted by Crippen LogP contribution is 2.21. The van der Waals surface area contributed by atoms with E-state index in [1.165, 1.54) is 5.56 Å². The van der Waals surface area contributed by atoms with Gasteiger partial charge in [-0.3, -0.25) is 4.79 Å². The highest BCUT2D eigenvalue weighted by Gasteiger charge is 2.26. The molecule has 0 saturated carbocycles. The number of nitrogens with two attached hydrogens (primary N) is 1. The fourth-order valence-corrected chi connectivity index (χ4v) is 1.52. The number of hydrogen-bond donors (Lipinski definition) is 2. The van der Waals surface area contributed by atoms with Gasteiger partial charge in [0, 0.05) is 12.0 Å². The molecule has 0 bridgehead atoms. The third-order valence-corrected chi connectivity index (χ3v) is 2.83. The summed E-state index contributed by atoms with van der Waals surface area (Å²) in [5.74, 6) is -0.124. The highest BCUT2D eigenvalue weighted by molar-refractivity contribution is 5.85. The first-order chi connectivity index (χ1) is 7.73. The summed E-state index contributed by atoms with van der Waals surface area (Å²) in [6.45, 7) is 8.20. The van der Waals surface area contributed by atoms with E-state index in [0.29, 0.717) is 6.54 Å². The third-order valence-electron chi connectivity index (χ3n) is 2.83. The number of nitrogens with one attached hydrogen (secondary N) is 1. The van der Waals surface area contributed by atoms with Gasteiger partial charge in [0.15, 0.2) is 0 Å². The van der Waals surface area contributed by atoms with Gasteiger partial charge in [-0.05, 0) is 19.4 Å². The van der Waals surface area contributed by atoms with E-state index in [-0.39, 0.29) is 11.3 Å². The minimum Gasteiger partial charge on any atom is -0.354 e. The average Bonchev–Trinajstić information content (AvgIpc) is 2.26. The Morgan fingerprint density at radius 2 is 1.71 bits per heavy atom. The van der Waals surface area contributed by atoms with Gasteiger partial charge in [0.05, 0.1) is 5.54 Å². The van der Waals surface area contributed by atoms with Crippen LogP contribution in [0, 0.1) is 0 Å². The van der Waals surface area contributed by atoms with Crippen LogP contribution in [-0.4, -0.2) is 18.0 Å². The predicted octanol–water partition coefficient (Wildman–Crippen LogP) is 1.82. The van der Waals surface area contributed by atoms with Gasteiger partial charge in [0.25, 0.3) is 0 Å². The molecule has 1 aromatic rings. The summed E-state index contributed by atoms with van der Waals surface area (Å²) >= 11 is 0. The van der Waals surface area contributed by atoms with Gasteiger partial charge in [-0.25, -0.2) is 0 Å². The molecule has 94 valence electrons. The maximum absolute atomic E-state index is 11.7. The minimum absolute atomic E-state index is 0.0951. The van der Waals surface area contributed by atoms with Crippen LogP contribution < -0.4 is 11.1 Å². The molecule has 1 aromatic carbocycles. The van der Waals surface area contributed by atoms with E-state index in [1.54, 1.807) is 13.8 Å². The largest absolute Gasteiger partial charge is 0.354 e. The molecule has 0 saturated heterocycles. The lowest BCUT2D eigenvalue weighted by atomic mass is 9.84. The van der Waals surface area contributed by atoms with Crippen molar-refractivity contribution in [2.75, 3.05) is 6.54 Å². The topological polar surface area (TPSA) is 55.1 Å². The molecule has 3 N–H and O–H groups in total. The maximum atomic E-state index is 11.7. The van der Waals surface area contributed by atoms with E-state index in [0.717, 1.165) is 0 Å². The Bertz CT molecular complexity index is 377. The second-order valence-electron chi connectivity index (χ2n) is 5.65. The van der Waals surface area contributed by atoms with Gasteiger partial charge in [-0.15, -0.1) is 0 Å². The number of carbonyl (C=O) groups is 1. The molecule has 1 amide bonds. The van der Waals surface area contributed by atoms with Crippen LogP contribution in [0.2, 0.25) is 0 Å². The van der Waals surface area contributed by atoms with Crippen LogP contribution in [0.1, 0.15) is 33.3 Å². The van der Waals surface area contributed by atoms with Crippen LogP contribution in [0.15, 0.2) is 30.3 Å². The van der Waals surface area contributed by atoms with Crippen LogP contribution in [0.5, 0.6) is 0 Å². The van der Waals surface area contributed by atoms with Gasteiger partial charge in [0.2, 0.25) is 5.91 Å². The van der Waals surface area contributed by atoms with Gasteiger partial charge in [-0.2, -0.15) is 0 Å². The molecule has 0 spiro atoms. The zero-order valence-electron chi connectivity index (χ0n) is 11.1. The summed E-state index contributed by atoms with van der Waals surface area (Å²) < 4.78 is 0. The lowest BCUT2D eigenvalue weighted by Gasteiger charge is -2.27. The maximum Gasteiger partial charge on any atom is 0.239 e. The van der Waals surface area contributed by atoms with Crippen molar-refractivity contribution >= 4 is 5.91 Å². The van der Waals surface area contributed by atoms with E-state index >= 15 is 0 Å². The van der Waals surface area contributed by atoms with Crippen LogP contribution >= 0.6 is 0 Å². The van der Waals surface area contributed by atoms with Crippen LogP contribution in [0.4, 0.5) is 0 Å². The summed E-state index contributed by atoms with van der Waals surface area (Å²) in [6, 6.07) is 10.1. The molecule has 0 heterocycles. The second-order valence-corrected chi connectivity index (χ2v) is 5.65. The van der Waals surface area contributed by atoms with E-state index in [4.69, 9.17) is 5.73 Å². The Morgan fingerprint density at radius 3 is 2.18 bits per heavy atom. The van der Waals surface area contributed by atoms with Gasteiger partial charge >= 0.3 is 0 Å². The Labute approximate surface area is 103 Å². The molecule has 3 nitrogen and oxygen atoms in total. The van der Waals surface area contributed by atoms with Crippen molar-refractivity contribution in [2.24, 2.45) is 5.73 Å². The molecule has 3 heteroatoms. The van der Waals surface area contributed by atoms with E-state index in [1.807, 2.05) is 18.2 Å². The fourth-order valence-electron chi connectivity index (χ4n) is 1.52. The normalized spacial score (nSPS) is 12.3. The summed E-state index contributed by atoms with van der Waals surface area (Å²) in [5.41, 5.74) is 6.02. The molecular weight excluding hydrogens is 212 g/mol. The fraction of sp³-hybridized carbons (Fsp3) is 0.500. The molecule has 0 atom stereocenters. The zero-order chi connectivity index (χ0) is 13.1. The van der Waals surface area contributed by atoms with E-state index < -0.39 is 5.54 Å². The number of rotatable bonds is 4. The molecule has 0 aliphatic heterocycles. The van der Waals surface area contributed by atoms with Crippen molar-refractivity contribution in [1.82, 2.24) is 5.32 Å². The minimum atomic E-state index is -0.827.